The van der Waals surface area contributed by atoms with Gasteiger partial charge in [-0.1, -0.05) is 6.92 Å². The second kappa shape index (κ2) is 6.23. The SMILES string of the molecule is CCC(=O)CCc1ccc(C(=O)OC(C)C)o1. The van der Waals surface area contributed by atoms with Crippen molar-refractivity contribution in [3.05, 3.63) is 23.7 Å². The Hall–Kier alpha value is -1.58. The fraction of sp³-hybridized carbons (Fsp3) is 0.538. The number of ketones is 1. The second-order valence-electron chi connectivity index (χ2n) is 4.11. The van der Waals surface area contributed by atoms with E-state index < -0.39 is 5.97 Å². The lowest BCUT2D eigenvalue weighted by Crippen LogP contribution is -2.10. The second-order valence-corrected chi connectivity index (χ2v) is 4.11. The van der Waals surface area contributed by atoms with E-state index in [2.05, 4.69) is 0 Å². The van der Waals surface area contributed by atoms with Crippen molar-refractivity contribution in [2.45, 2.75) is 46.1 Å². The van der Waals surface area contributed by atoms with Gasteiger partial charge in [-0.2, -0.15) is 0 Å². The number of Topliss-reactive ketones (excluding diaryl/α,β-unsaturated/α-hetero) is 1. The van der Waals surface area contributed by atoms with Crippen molar-refractivity contribution in [1.29, 1.82) is 0 Å². The molecule has 1 rings (SSSR count). The Labute approximate surface area is 101 Å². The molecule has 0 aliphatic heterocycles. The maximum Gasteiger partial charge on any atom is 0.374 e. The Morgan fingerprint density at radius 1 is 1.35 bits per heavy atom. The summed E-state index contributed by atoms with van der Waals surface area (Å²) in [6, 6.07) is 3.29. The van der Waals surface area contributed by atoms with Crippen LogP contribution in [-0.2, 0) is 16.0 Å². The van der Waals surface area contributed by atoms with Gasteiger partial charge in [0.1, 0.15) is 11.5 Å². The van der Waals surface area contributed by atoms with Crippen LogP contribution in [0.25, 0.3) is 0 Å². The number of aryl methyl sites for hydroxylation is 1. The first kappa shape index (κ1) is 13.5. The fourth-order valence-corrected chi connectivity index (χ4v) is 1.33. The minimum absolute atomic E-state index is 0.169. The molecule has 0 amide bonds. The summed E-state index contributed by atoms with van der Waals surface area (Å²) in [5, 5.41) is 0. The summed E-state index contributed by atoms with van der Waals surface area (Å²) in [6.07, 6.45) is 1.34. The summed E-state index contributed by atoms with van der Waals surface area (Å²) in [5.74, 6) is 0.556. The van der Waals surface area contributed by atoms with Gasteiger partial charge in [0.25, 0.3) is 0 Å². The van der Waals surface area contributed by atoms with E-state index in [0.29, 0.717) is 25.0 Å². The molecule has 0 atom stereocenters. The third-order valence-corrected chi connectivity index (χ3v) is 2.25. The van der Waals surface area contributed by atoms with Crippen LogP contribution >= 0.6 is 0 Å². The molecule has 0 saturated carbocycles. The van der Waals surface area contributed by atoms with Gasteiger partial charge in [0.2, 0.25) is 5.76 Å². The Morgan fingerprint density at radius 2 is 2.06 bits per heavy atom. The van der Waals surface area contributed by atoms with Gasteiger partial charge in [0.05, 0.1) is 6.10 Å². The van der Waals surface area contributed by atoms with Crippen molar-refractivity contribution in [2.75, 3.05) is 0 Å². The molecule has 94 valence electrons. The van der Waals surface area contributed by atoms with E-state index in [4.69, 9.17) is 9.15 Å². The molecule has 0 aromatic carbocycles. The zero-order valence-electron chi connectivity index (χ0n) is 10.5. The number of carbonyl (C=O) groups excluding carboxylic acids is 2. The maximum absolute atomic E-state index is 11.5. The highest BCUT2D eigenvalue weighted by Gasteiger charge is 2.14. The predicted molar refractivity (Wildman–Crippen MR) is 62.9 cm³/mol. The van der Waals surface area contributed by atoms with E-state index in [9.17, 15) is 9.59 Å². The molecule has 4 heteroatoms. The molecular weight excluding hydrogens is 220 g/mol. The smallest absolute Gasteiger partial charge is 0.374 e. The largest absolute Gasteiger partial charge is 0.457 e. The molecule has 0 aliphatic carbocycles. The van der Waals surface area contributed by atoms with Crippen molar-refractivity contribution in [1.82, 2.24) is 0 Å². The molecule has 0 fully saturated rings. The van der Waals surface area contributed by atoms with Crippen LogP contribution in [0.1, 0.15) is 49.9 Å². The third kappa shape index (κ3) is 4.43. The molecule has 1 heterocycles. The van der Waals surface area contributed by atoms with Gasteiger partial charge >= 0.3 is 5.97 Å². The van der Waals surface area contributed by atoms with E-state index in [1.165, 1.54) is 0 Å². The van der Waals surface area contributed by atoms with Crippen LogP contribution in [0.5, 0.6) is 0 Å². The van der Waals surface area contributed by atoms with Gasteiger partial charge in [0, 0.05) is 19.3 Å². The van der Waals surface area contributed by atoms with Crippen LogP contribution < -0.4 is 0 Å². The van der Waals surface area contributed by atoms with Crippen molar-refractivity contribution in [3.63, 3.8) is 0 Å². The molecule has 0 radical (unpaired) electrons. The van der Waals surface area contributed by atoms with E-state index in [1.807, 2.05) is 6.92 Å². The molecule has 1 aromatic heterocycles. The molecule has 17 heavy (non-hydrogen) atoms. The van der Waals surface area contributed by atoms with Crippen LogP contribution in [0.4, 0.5) is 0 Å². The molecule has 0 N–H and O–H groups in total. The number of ether oxygens (including phenoxy) is 1. The molecule has 0 saturated heterocycles. The van der Waals surface area contributed by atoms with Crippen LogP contribution in [0.15, 0.2) is 16.5 Å². The number of furan rings is 1. The minimum Gasteiger partial charge on any atom is -0.457 e. The highest BCUT2D eigenvalue weighted by molar-refractivity contribution is 5.86. The lowest BCUT2D eigenvalue weighted by Gasteiger charge is -2.04. The van der Waals surface area contributed by atoms with Gasteiger partial charge in [0.15, 0.2) is 0 Å². The normalized spacial score (nSPS) is 10.6. The zero-order valence-corrected chi connectivity index (χ0v) is 10.5. The molecule has 0 spiro atoms. The average molecular weight is 238 g/mol. The van der Waals surface area contributed by atoms with Crippen LogP contribution in [-0.4, -0.2) is 17.9 Å². The quantitative estimate of drug-likeness (QED) is 0.715. The third-order valence-electron chi connectivity index (χ3n) is 2.25. The highest BCUT2D eigenvalue weighted by atomic mass is 16.6. The molecule has 4 nitrogen and oxygen atoms in total. The first-order valence-electron chi connectivity index (χ1n) is 5.84. The summed E-state index contributed by atoms with van der Waals surface area (Å²) in [6.45, 7) is 5.39. The Morgan fingerprint density at radius 3 is 2.65 bits per heavy atom. The molecule has 1 aromatic rings. The summed E-state index contributed by atoms with van der Waals surface area (Å²) < 4.78 is 10.3. The summed E-state index contributed by atoms with van der Waals surface area (Å²) in [4.78, 5) is 22.6. The van der Waals surface area contributed by atoms with Gasteiger partial charge in [-0.25, -0.2) is 4.79 Å². The van der Waals surface area contributed by atoms with E-state index in [1.54, 1.807) is 26.0 Å². The first-order valence-corrected chi connectivity index (χ1v) is 5.84. The first-order chi connectivity index (χ1) is 8.02. The standard InChI is InChI=1S/C13H18O4/c1-4-10(14)5-6-11-7-8-12(17-11)13(15)16-9(2)3/h7-9H,4-6H2,1-3H3. The van der Waals surface area contributed by atoms with Gasteiger partial charge in [-0.05, 0) is 26.0 Å². The predicted octanol–water partition coefficient (Wildman–Crippen LogP) is 2.76. The van der Waals surface area contributed by atoms with Crippen molar-refractivity contribution in [2.24, 2.45) is 0 Å². The molecule has 0 aliphatic rings. The summed E-state index contributed by atoms with van der Waals surface area (Å²) in [5.41, 5.74) is 0. The number of hydrogen-bond acceptors (Lipinski definition) is 4. The van der Waals surface area contributed by atoms with Crippen molar-refractivity contribution >= 4 is 11.8 Å². The van der Waals surface area contributed by atoms with Crippen LogP contribution in [0.3, 0.4) is 0 Å². The number of carbonyl (C=O) groups is 2. The highest BCUT2D eigenvalue weighted by Crippen LogP contribution is 2.12. The summed E-state index contributed by atoms with van der Waals surface area (Å²) in [7, 11) is 0. The van der Waals surface area contributed by atoms with Crippen molar-refractivity contribution in [3.8, 4) is 0 Å². The monoisotopic (exact) mass is 238 g/mol. The van der Waals surface area contributed by atoms with Crippen molar-refractivity contribution < 1.29 is 18.7 Å². The lowest BCUT2D eigenvalue weighted by atomic mass is 10.1. The Balaban J connectivity index is 2.53. The molecule has 0 bridgehead atoms. The fourth-order valence-electron chi connectivity index (χ4n) is 1.33. The maximum atomic E-state index is 11.5. The molecular formula is C13H18O4. The topological polar surface area (TPSA) is 56.5 Å². The zero-order chi connectivity index (χ0) is 12.8. The summed E-state index contributed by atoms with van der Waals surface area (Å²) >= 11 is 0. The lowest BCUT2D eigenvalue weighted by molar-refractivity contribution is -0.118. The number of rotatable bonds is 6. The van der Waals surface area contributed by atoms with Gasteiger partial charge in [-0.3, -0.25) is 4.79 Å². The minimum atomic E-state index is -0.465. The molecule has 0 unspecified atom stereocenters. The number of esters is 1. The van der Waals surface area contributed by atoms with E-state index in [-0.39, 0.29) is 17.6 Å². The Kier molecular flexibility index (Phi) is 4.94. The van der Waals surface area contributed by atoms with E-state index in [0.717, 1.165) is 0 Å². The van der Waals surface area contributed by atoms with E-state index >= 15 is 0 Å². The van der Waals surface area contributed by atoms with Gasteiger partial charge in [-0.15, -0.1) is 0 Å². The van der Waals surface area contributed by atoms with Gasteiger partial charge < -0.3 is 9.15 Å². The van der Waals surface area contributed by atoms with Crippen LogP contribution in [0, 0.1) is 0 Å². The Bertz CT molecular complexity index is 390. The average Bonchev–Trinajstić information content (AvgIpc) is 2.73. The van der Waals surface area contributed by atoms with Crippen LogP contribution in [0.2, 0.25) is 0 Å². The number of hydrogen-bond donors (Lipinski definition) is 0.